The van der Waals surface area contributed by atoms with E-state index in [1.165, 1.54) is 15.8 Å². The zero-order valence-electron chi connectivity index (χ0n) is 16.1. The van der Waals surface area contributed by atoms with Gasteiger partial charge < -0.3 is 20.4 Å². The predicted molar refractivity (Wildman–Crippen MR) is 125 cm³/mol. The maximum absolute atomic E-state index is 5.52. The van der Waals surface area contributed by atoms with Gasteiger partial charge in [-0.25, -0.2) is 0 Å². The molecule has 0 saturated carbocycles. The Hall–Kier alpha value is -2.83. The minimum Gasteiger partial charge on any atom is -0.497 e. The molecule has 4 rings (SSSR count). The number of hydrogen-bond donors (Lipinski definition) is 3. The van der Waals surface area contributed by atoms with Crippen LogP contribution in [0.15, 0.2) is 72.2 Å². The Morgan fingerprint density at radius 2 is 1.90 bits per heavy atom. The molecule has 0 spiro atoms. The summed E-state index contributed by atoms with van der Waals surface area (Å²) in [5.41, 5.74) is 3.60. The van der Waals surface area contributed by atoms with Crippen LogP contribution in [0.3, 0.4) is 0 Å². The Morgan fingerprint density at radius 1 is 1.07 bits per heavy atom. The number of aromatic amines is 1. The monoisotopic (exact) mass is 421 g/mol. The molecule has 1 atom stereocenters. The van der Waals surface area contributed by atoms with Crippen LogP contribution in [0.25, 0.3) is 10.9 Å². The first kappa shape index (κ1) is 19.5. The van der Waals surface area contributed by atoms with E-state index in [1.54, 1.807) is 18.4 Å². The molecule has 0 aliphatic carbocycles. The molecule has 148 valence electrons. The quantitative estimate of drug-likeness (QED) is 0.366. The third-order valence-electron chi connectivity index (χ3n) is 4.96. The van der Waals surface area contributed by atoms with Gasteiger partial charge in [-0.15, -0.1) is 11.3 Å². The number of thiophene rings is 1. The Balaban J connectivity index is 1.42. The number of hydrogen-bond acceptors (Lipinski definition) is 3. The molecule has 2 heterocycles. The summed E-state index contributed by atoms with van der Waals surface area (Å²) in [6.07, 6.45) is 2.12. The van der Waals surface area contributed by atoms with Crippen molar-refractivity contribution in [1.82, 2.24) is 15.6 Å². The second kappa shape index (κ2) is 9.11. The first-order valence-corrected chi connectivity index (χ1v) is 10.8. The highest BCUT2D eigenvalue weighted by Gasteiger charge is 2.19. The minimum atomic E-state index is 0.229. The van der Waals surface area contributed by atoms with Gasteiger partial charge in [-0.1, -0.05) is 36.4 Å². The van der Waals surface area contributed by atoms with Gasteiger partial charge in [-0.2, -0.15) is 0 Å². The standard InChI is InChI=1S/C23H23N3OS2/c1-27-17-10-8-16(9-11-17)13-25-23(28)26-15-20(22-7-4-12-29-22)19-14-24-21-6-3-2-5-18(19)21/h2-12,14,20,24H,13,15H2,1H3,(H2,25,26,28)/t20-/m1/s1. The molecular weight excluding hydrogens is 398 g/mol. The van der Waals surface area contributed by atoms with E-state index in [2.05, 4.69) is 63.6 Å². The van der Waals surface area contributed by atoms with Crippen LogP contribution in [0.2, 0.25) is 0 Å². The van der Waals surface area contributed by atoms with Crippen LogP contribution in [-0.4, -0.2) is 23.8 Å². The molecule has 3 N–H and O–H groups in total. The normalized spacial score (nSPS) is 11.9. The molecule has 0 radical (unpaired) electrons. The summed E-state index contributed by atoms with van der Waals surface area (Å²) in [6.45, 7) is 1.41. The summed E-state index contributed by atoms with van der Waals surface area (Å²) in [7, 11) is 1.67. The minimum absolute atomic E-state index is 0.229. The number of rotatable bonds is 7. The molecule has 4 aromatic rings. The van der Waals surface area contributed by atoms with Gasteiger partial charge in [-0.3, -0.25) is 0 Å². The van der Waals surface area contributed by atoms with E-state index >= 15 is 0 Å². The van der Waals surface area contributed by atoms with Crippen molar-refractivity contribution in [3.63, 3.8) is 0 Å². The molecule has 0 fully saturated rings. The van der Waals surface area contributed by atoms with Gasteiger partial charge in [0.05, 0.1) is 7.11 Å². The van der Waals surface area contributed by atoms with Crippen LogP contribution >= 0.6 is 23.6 Å². The summed E-state index contributed by atoms with van der Waals surface area (Å²) in [5.74, 6) is 1.08. The Labute approximate surface area is 179 Å². The zero-order valence-corrected chi connectivity index (χ0v) is 17.8. The lowest BCUT2D eigenvalue weighted by molar-refractivity contribution is 0.414. The van der Waals surface area contributed by atoms with Crippen LogP contribution in [0.5, 0.6) is 5.75 Å². The topological polar surface area (TPSA) is 49.1 Å². The number of benzene rings is 2. The van der Waals surface area contributed by atoms with Crippen molar-refractivity contribution in [2.24, 2.45) is 0 Å². The number of H-pyrrole nitrogens is 1. The number of ether oxygens (including phenoxy) is 1. The Bertz CT molecular complexity index is 1070. The fourth-order valence-corrected chi connectivity index (χ4v) is 4.42. The number of nitrogens with one attached hydrogen (secondary N) is 3. The summed E-state index contributed by atoms with van der Waals surface area (Å²) < 4.78 is 5.20. The maximum atomic E-state index is 5.52. The average molecular weight is 422 g/mol. The zero-order chi connectivity index (χ0) is 20.1. The molecule has 0 saturated heterocycles. The summed E-state index contributed by atoms with van der Waals surface area (Å²) in [6, 6.07) is 20.7. The molecule has 0 aliphatic rings. The van der Waals surface area contributed by atoms with Crippen molar-refractivity contribution in [2.45, 2.75) is 12.5 Å². The molecular formula is C23H23N3OS2. The van der Waals surface area contributed by atoms with Gasteiger partial charge in [0, 0.05) is 41.0 Å². The molecule has 0 unspecified atom stereocenters. The van der Waals surface area contributed by atoms with Crippen molar-refractivity contribution >= 4 is 39.6 Å². The fourth-order valence-electron chi connectivity index (χ4n) is 3.42. The highest BCUT2D eigenvalue weighted by Crippen LogP contribution is 2.32. The third kappa shape index (κ3) is 4.60. The molecule has 2 aromatic heterocycles. The molecule has 6 heteroatoms. The van der Waals surface area contributed by atoms with Gasteiger partial charge in [0.15, 0.2) is 5.11 Å². The van der Waals surface area contributed by atoms with Crippen molar-refractivity contribution in [1.29, 1.82) is 0 Å². The number of fused-ring (bicyclic) bond motifs is 1. The van der Waals surface area contributed by atoms with Crippen LogP contribution < -0.4 is 15.4 Å². The van der Waals surface area contributed by atoms with E-state index in [0.717, 1.165) is 23.4 Å². The third-order valence-corrected chi connectivity index (χ3v) is 6.24. The lowest BCUT2D eigenvalue weighted by Gasteiger charge is -2.18. The second-order valence-corrected chi connectivity index (χ2v) is 8.16. The van der Waals surface area contributed by atoms with Crippen molar-refractivity contribution in [2.75, 3.05) is 13.7 Å². The fraction of sp³-hybridized carbons (Fsp3) is 0.174. The maximum Gasteiger partial charge on any atom is 0.166 e. The number of thiocarbonyl (C=S) groups is 1. The Morgan fingerprint density at radius 3 is 2.66 bits per heavy atom. The number of aromatic nitrogens is 1. The first-order chi connectivity index (χ1) is 14.2. The molecule has 2 aromatic carbocycles. The van der Waals surface area contributed by atoms with Gasteiger partial charge in [-0.05, 0) is 53.0 Å². The van der Waals surface area contributed by atoms with Crippen LogP contribution in [0.1, 0.15) is 21.9 Å². The molecule has 0 aliphatic heterocycles. The largest absolute Gasteiger partial charge is 0.497 e. The first-order valence-electron chi connectivity index (χ1n) is 9.48. The predicted octanol–water partition coefficient (Wildman–Crippen LogP) is 5.03. The molecule has 29 heavy (non-hydrogen) atoms. The van der Waals surface area contributed by atoms with Crippen molar-refractivity contribution in [3.8, 4) is 5.75 Å². The SMILES string of the molecule is COc1ccc(CNC(=S)NC[C@@H](c2cccs2)c2c[nH]c3ccccc23)cc1. The van der Waals surface area contributed by atoms with Gasteiger partial charge in [0.2, 0.25) is 0 Å². The van der Waals surface area contributed by atoms with E-state index in [9.17, 15) is 0 Å². The number of methoxy groups -OCH3 is 1. The van der Waals surface area contributed by atoms with E-state index in [4.69, 9.17) is 17.0 Å². The molecule has 4 nitrogen and oxygen atoms in total. The summed E-state index contributed by atoms with van der Waals surface area (Å²) in [5, 5.41) is 10.7. The van der Waals surface area contributed by atoms with Crippen LogP contribution in [-0.2, 0) is 6.54 Å². The van der Waals surface area contributed by atoms with Gasteiger partial charge in [0.25, 0.3) is 0 Å². The van der Waals surface area contributed by atoms with E-state index in [-0.39, 0.29) is 5.92 Å². The van der Waals surface area contributed by atoms with Crippen molar-refractivity contribution < 1.29 is 4.74 Å². The number of para-hydroxylation sites is 1. The van der Waals surface area contributed by atoms with Crippen LogP contribution in [0.4, 0.5) is 0 Å². The van der Waals surface area contributed by atoms with Crippen molar-refractivity contribution in [3.05, 3.63) is 88.2 Å². The van der Waals surface area contributed by atoms with E-state index < -0.39 is 0 Å². The molecule has 0 bridgehead atoms. The lowest BCUT2D eigenvalue weighted by atomic mass is 9.97. The van der Waals surface area contributed by atoms with Gasteiger partial charge >= 0.3 is 0 Å². The average Bonchev–Trinajstić information content (AvgIpc) is 3.44. The van der Waals surface area contributed by atoms with Crippen LogP contribution in [0, 0.1) is 0 Å². The van der Waals surface area contributed by atoms with Gasteiger partial charge in [0.1, 0.15) is 5.75 Å². The highest BCUT2D eigenvalue weighted by atomic mass is 32.1. The summed E-state index contributed by atoms with van der Waals surface area (Å²) in [4.78, 5) is 4.71. The second-order valence-electron chi connectivity index (χ2n) is 6.77. The smallest absolute Gasteiger partial charge is 0.166 e. The molecule has 0 amide bonds. The van der Waals surface area contributed by atoms with E-state index in [1.807, 2.05) is 24.3 Å². The lowest BCUT2D eigenvalue weighted by Crippen LogP contribution is -2.37. The summed E-state index contributed by atoms with van der Waals surface area (Å²) >= 11 is 7.30. The highest BCUT2D eigenvalue weighted by molar-refractivity contribution is 7.80. The van der Waals surface area contributed by atoms with E-state index in [0.29, 0.717) is 11.7 Å². The Kier molecular flexibility index (Phi) is 6.12.